The molecule has 0 amide bonds. The number of hydrogen-bond acceptors (Lipinski definition) is 5. The van der Waals surface area contributed by atoms with Crippen molar-refractivity contribution in [3.63, 3.8) is 0 Å². The number of fused-ring (bicyclic) bond motifs is 10. The van der Waals surface area contributed by atoms with Crippen molar-refractivity contribution in [1.82, 2.24) is 24.1 Å². The number of rotatable bonds is 5. The molecule has 59 heavy (non-hydrogen) atoms. The maximum absolute atomic E-state index is 11.2. The highest BCUT2D eigenvalue weighted by Gasteiger charge is 2.27. The first-order valence-corrected chi connectivity index (χ1v) is 19.5. The van der Waals surface area contributed by atoms with Gasteiger partial charge in [0, 0.05) is 54.7 Å². The third kappa shape index (κ3) is 4.90. The predicted molar refractivity (Wildman–Crippen MR) is 237 cm³/mol. The lowest BCUT2D eigenvalue weighted by molar-refractivity contribution is 0.666. The zero-order chi connectivity index (χ0) is 39.0. The molecule has 0 unspecified atom stereocenters. The SMILES string of the molecule is N#Cc1cc(-n2c3ccccc3c3c4c5ccccc5n(-c5ccccc5)c4ccc32)c2oc3ccccc3c2c1-c1nc(-c2ccccc2)nc(-c2ccccc2)n1. The van der Waals surface area contributed by atoms with E-state index in [4.69, 9.17) is 19.4 Å². The molecule has 7 heteroatoms. The lowest BCUT2D eigenvalue weighted by Crippen LogP contribution is -2.03. The highest BCUT2D eigenvalue weighted by Crippen LogP contribution is 2.46. The van der Waals surface area contributed by atoms with Crippen LogP contribution in [0.5, 0.6) is 0 Å². The van der Waals surface area contributed by atoms with Gasteiger partial charge in [0.1, 0.15) is 5.58 Å². The molecular weight excluding hydrogens is 725 g/mol. The Kier molecular flexibility index (Phi) is 7.16. The lowest BCUT2D eigenvalue weighted by atomic mass is 9.98. The summed E-state index contributed by atoms with van der Waals surface area (Å²) in [5, 5.41) is 17.4. The van der Waals surface area contributed by atoms with Gasteiger partial charge in [-0.25, -0.2) is 15.0 Å². The van der Waals surface area contributed by atoms with Crippen LogP contribution in [0.15, 0.2) is 186 Å². The van der Waals surface area contributed by atoms with Gasteiger partial charge in [0.05, 0.1) is 39.4 Å². The molecule has 0 aliphatic rings. The standard InChI is InChI=1S/C52H30N6O/c53-31-34-30-43(58-40-26-14-11-23-37(40)47-42(58)29-28-41-46(47)36-22-10-13-25-39(36)57(41)35-20-8-3-9-21-35)49-48(38-24-12-15-27-44(38)59-49)45(34)52-55-50(32-16-4-1-5-17-32)54-51(56-52)33-18-6-2-7-19-33/h1-30H. The average molecular weight is 755 g/mol. The van der Waals surface area contributed by atoms with Gasteiger partial charge in [-0.05, 0) is 48.5 Å². The third-order valence-electron chi connectivity index (χ3n) is 11.4. The molecule has 0 N–H and O–H groups in total. The monoisotopic (exact) mass is 754 g/mol. The number of nitrogens with zero attached hydrogens (tertiary/aromatic N) is 6. The number of hydrogen-bond donors (Lipinski definition) is 0. The summed E-state index contributed by atoms with van der Waals surface area (Å²) in [5.74, 6) is 1.43. The first kappa shape index (κ1) is 32.9. The Morgan fingerprint density at radius 1 is 0.441 bits per heavy atom. The van der Waals surface area contributed by atoms with Crippen LogP contribution in [-0.4, -0.2) is 24.1 Å². The largest absolute Gasteiger partial charge is 0.454 e. The zero-order valence-corrected chi connectivity index (χ0v) is 31.4. The average Bonchev–Trinajstić information content (AvgIpc) is 3.97. The van der Waals surface area contributed by atoms with E-state index in [1.807, 2.05) is 97.1 Å². The fourth-order valence-corrected chi connectivity index (χ4v) is 8.92. The van der Waals surface area contributed by atoms with Gasteiger partial charge in [-0.3, -0.25) is 0 Å². The van der Waals surface area contributed by atoms with Gasteiger partial charge < -0.3 is 13.6 Å². The summed E-state index contributed by atoms with van der Waals surface area (Å²) in [6.07, 6.45) is 0. The summed E-state index contributed by atoms with van der Waals surface area (Å²) in [4.78, 5) is 15.2. The van der Waals surface area contributed by atoms with Crippen molar-refractivity contribution in [3.05, 3.63) is 188 Å². The van der Waals surface area contributed by atoms with Gasteiger partial charge >= 0.3 is 0 Å². The smallest absolute Gasteiger partial charge is 0.166 e. The molecular formula is C52H30N6O. The highest BCUT2D eigenvalue weighted by molar-refractivity contribution is 6.29. The molecule has 4 aromatic heterocycles. The molecule has 12 aromatic rings. The minimum atomic E-state index is 0.398. The van der Waals surface area contributed by atoms with Crippen LogP contribution < -0.4 is 0 Å². The predicted octanol–water partition coefficient (Wildman–Crippen LogP) is 12.8. The van der Waals surface area contributed by atoms with Crippen molar-refractivity contribution in [2.75, 3.05) is 0 Å². The van der Waals surface area contributed by atoms with Gasteiger partial charge in [-0.15, -0.1) is 0 Å². The van der Waals surface area contributed by atoms with Crippen LogP contribution in [0.3, 0.4) is 0 Å². The fraction of sp³-hybridized carbons (Fsp3) is 0. The van der Waals surface area contributed by atoms with Gasteiger partial charge in [0.25, 0.3) is 0 Å². The molecule has 0 saturated heterocycles. The van der Waals surface area contributed by atoms with Crippen molar-refractivity contribution < 1.29 is 4.42 Å². The number of nitriles is 1. The second-order valence-electron chi connectivity index (χ2n) is 14.7. The number of aromatic nitrogens is 5. The second-order valence-corrected chi connectivity index (χ2v) is 14.7. The lowest BCUT2D eigenvalue weighted by Gasteiger charge is -2.14. The Bertz CT molecular complexity index is 3610. The van der Waals surface area contributed by atoms with Crippen LogP contribution in [0.25, 0.3) is 111 Å². The molecule has 274 valence electrons. The van der Waals surface area contributed by atoms with Crippen LogP contribution in [0, 0.1) is 11.3 Å². The minimum Gasteiger partial charge on any atom is -0.454 e. The van der Waals surface area contributed by atoms with E-state index in [0.717, 1.165) is 66.1 Å². The number of furan rings is 1. The molecule has 0 aliphatic carbocycles. The Morgan fingerprint density at radius 3 is 1.54 bits per heavy atom. The molecule has 8 aromatic carbocycles. The maximum atomic E-state index is 11.2. The summed E-state index contributed by atoms with van der Waals surface area (Å²) in [6, 6.07) is 64.3. The zero-order valence-electron chi connectivity index (χ0n) is 31.4. The van der Waals surface area contributed by atoms with Crippen LogP contribution in [0.1, 0.15) is 5.56 Å². The topological polar surface area (TPSA) is 85.5 Å². The highest BCUT2D eigenvalue weighted by atomic mass is 16.3. The van der Waals surface area contributed by atoms with Crippen molar-refractivity contribution in [2.24, 2.45) is 0 Å². The first-order chi connectivity index (χ1) is 29.2. The van der Waals surface area contributed by atoms with E-state index in [1.165, 1.54) is 10.8 Å². The Hall–Kier alpha value is -8.34. The van der Waals surface area contributed by atoms with Crippen LogP contribution in [0.4, 0.5) is 0 Å². The fourth-order valence-electron chi connectivity index (χ4n) is 8.92. The molecule has 0 saturated carbocycles. The van der Waals surface area contributed by atoms with Crippen LogP contribution in [-0.2, 0) is 0 Å². The molecule has 7 nitrogen and oxygen atoms in total. The van der Waals surface area contributed by atoms with E-state index in [2.05, 4.69) is 100 Å². The van der Waals surface area contributed by atoms with E-state index in [1.54, 1.807) is 0 Å². The van der Waals surface area contributed by atoms with Crippen molar-refractivity contribution in [1.29, 1.82) is 5.26 Å². The third-order valence-corrected chi connectivity index (χ3v) is 11.4. The van der Waals surface area contributed by atoms with E-state index >= 15 is 0 Å². The maximum Gasteiger partial charge on any atom is 0.166 e. The summed E-state index contributed by atoms with van der Waals surface area (Å²) < 4.78 is 11.5. The van der Waals surface area contributed by atoms with E-state index < -0.39 is 0 Å². The molecule has 4 heterocycles. The molecule has 0 aliphatic heterocycles. The Labute approximate surface area is 337 Å². The van der Waals surface area contributed by atoms with Gasteiger partial charge in [0.2, 0.25) is 0 Å². The molecule has 0 bridgehead atoms. The molecule has 0 spiro atoms. The minimum absolute atomic E-state index is 0.398. The van der Waals surface area contributed by atoms with Crippen molar-refractivity contribution in [3.8, 4) is 51.6 Å². The summed E-state index contributed by atoms with van der Waals surface area (Å²) >= 11 is 0. The van der Waals surface area contributed by atoms with Gasteiger partial charge in [-0.2, -0.15) is 5.26 Å². The summed E-state index contributed by atoms with van der Waals surface area (Å²) in [5.41, 5.74) is 10.2. The summed E-state index contributed by atoms with van der Waals surface area (Å²) in [7, 11) is 0. The van der Waals surface area contributed by atoms with Gasteiger partial charge in [-0.1, -0.05) is 133 Å². The normalized spacial score (nSPS) is 11.7. The van der Waals surface area contributed by atoms with Crippen molar-refractivity contribution in [2.45, 2.75) is 0 Å². The molecule has 0 radical (unpaired) electrons. The Balaban J connectivity index is 1.20. The number of para-hydroxylation sites is 4. The first-order valence-electron chi connectivity index (χ1n) is 19.5. The molecule has 12 rings (SSSR count). The number of benzene rings is 8. The molecule has 0 fully saturated rings. The van der Waals surface area contributed by atoms with E-state index in [9.17, 15) is 5.26 Å². The van der Waals surface area contributed by atoms with Crippen LogP contribution >= 0.6 is 0 Å². The Morgan fingerprint density at radius 2 is 0.932 bits per heavy atom. The molecule has 0 atom stereocenters. The quantitative estimate of drug-likeness (QED) is 0.175. The summed E-state index contributed by atoms with van der Waals surface area (Å²) in [6.45, 7) is 0. The van der Waals surface area contributed by atoms with Crippen LogP contribution in [0.2, 0.25) is 0 Å². The van der Waals surface area contributed by atoms with E-state index in [-0.39, 0.29) is 0 Å². The van der Waals surface area contributed by atoms with E-state index in [0.29, 0.717) is 39.8 Å². The van der Waals surface area contributed by atoms with Gasteiger partial charge in [0.15, 0.2) is 23.1 Å². The van der Waals surface area contributed by atoms with Crippen molar-refractivity contribution >= 4 is 65.6 Å². The second kappa shape index (κ2) is 12.8.